The Balaban J connectivity index is 1.61. The number of nitrogens with zero attached hydrogens (tertiary/aromatic N) is 4. The smallest absolute Gasteiger partial charge is 0.293 e. The Morgan fingerprint density at radius 1 is 1.04 bits per heavy atom. The summed E-state index contributed by atoms with van der Waals surface area (Å²) >= 11 is 0. The molecule has 0 aliphatic carbocycles. The van der Waals surface area contributed by atoms with E-state index in [-0.39, 0.29) is 17.0 Å². The third-order valence-corrected chi connectivity index (χ3v) is 4.32. The third kappa shape index (κ3) is 3.30. The maximum atomic E-state index is 12.6. The van der Waals surface area contributed by atoms with Crippen molar-refractivity contribution in [3.8, 4) is 0 Å². The highest BCUT2D eigenvalue weighted by Crippen LogP contribution is 2.27. The molecular weight excluding hydrogens is 358 g/mol. The van der Waals surface area contributed by atoms with Crippen molar-refractivity contribution in [2.45, 2.75) is 6.54 Å². The number of nitrogens with one attached hydrogen (secondary N) is 1. The summed E-state index contributed by atoms with van der Waals surface area (Å²) in [6.45, 7) is 0.313. The molecule has 2 aromatic carbocycles. The van der Waals surface area contributed by atoms with Gasteiger partial charge >= 0.3 is 0 Å². The van der Waals surface area contributed by atoms with Crippen molar-refractivity contribution in [3.05, 3.63) is 100.0 Å². The van der Waals surface area contributed by atoms with E-state index < -0.39 is 4.92 Å². The molecule has 8 nitrogen and oxygen atoms in total. The van der Waals surface area contributed by atoms with Crippen molar-refractivity contribution in [3.63, 3.8) is 0 Å². The van der Waals surface area contributed by atoms with E-state index >= 15 is 0 Å². The lowest BCUT2D eigenvalue weighted by molar-refractivity contribution is -0.384. The molecule has 0 saturated carbocycles. The van der Waals surface area contributed by atoms with Gasteiger partial charge in [0.1, 0.15) is 5.69 Å². The number of hydrogen-bond acceptors (Lipinski definition) is 6. The van der Waals surface area contributed by atoms with Gasteiger partial charge in [-0.05, 0) is 18.2 Å². The number of aromatic nitrogens is 3. The first-order chi connectivity index (χ1) is 13.6. The van der Waals surface area contributed by atoms with Crippen LogP contribution in [0.3, 0.4) is 0 Å². The minimum atomic E-state index is -0.500. The molecule has 0 atom stereocenters. The monoisotopic (exact) mass is 373 g/mol. The number of benzene rings is 2. The molecule has 8 heteroatoms. The van der Waals surface area contributed by atoms with Crippen LogP contribution in [0, 0.1) is 10.1 Å². The van der Waals surface area contributed by atoms with Gasteiger partial charge in [0.2, 0.25) is 0 Å². The fraction of sp³-hybridized carbons (Fsp3) is 0.0500. The Bertz CT molecular complexity index is 1170. The molecule has 0 radical (unpaired) electrons. The lowest BCUT2D eigenvalue weighted by Gasteiger charge is -2.10. The number of fused-ring (bicyclic) bond motifs is 1. The summed E-state index contributed by atoms with van der Waals surface area (Å²) in [6, 6.07) is 16.7. The summed E-state index contributed by atoms with van der Waals surface area (Å²) in [7, 11) is 0. The zero-order chi connectivity index (χ0) is 19.5. The first-order valence-corrected chi connectivity index (χ1v) is 8.53. The summed E-state index contributed by atoms with van der Waals surface area (Å²) in [5.74, 6) is -0.261. The van der Waals surface area contributed by atoms with E-state index in [1.807, 2.05) is 6.07 Å². The van der Waals surface area contributed by atoms with Crippen LogP contribution in [0.15, 0.2) is 73.1 Å². The fourth-order valence-electron chi connectivity index (χ4n) is 2.93. The predicted octanol–water partition coefficient (Wildman–Crippen LogP) is 3.48. The van der Waals surface area contributed by atoms with Crippen LogP contribution in [0.25, 0.3) is 5.65 Å². The molecule has 1 N–H and O–H groups in total. The van der Waals surface area contributed by atoms with Gasteiger partial charge in [-0.3, -0.25) is 14.9 Å². The number of carbonyl (C=O) groups excluding carboxylic acids is 1. The molecule has 2 heterocycles. The summed E-state index contributed by atoms with van der Waals surface area (Å²) in [6.07, 6.45) is 3.29. The van der Waals surface area contributed by atoms with Gasteiger partial charge in [-0.25, -0.2) is 9.50 Å². The normalized spacial score (nSPS) is 10.7. The van der Waals surface area contributed by atoms with Crippen molar-refractivity contribution in [2.24, 2.45) is 0 Å². The molecule has 0 aliphatic heterocycles. The second-order valence-electron chi connectivity index (χ2n) is 6.08. The number of nitro benzene ring substituents is 1. The molecule has 0 fully saturated rings. The van der Waals surface area contributed by atoms with Crippen LogP contribution >= 0.6 is 0 Å². The molecule has 4 rings (SSSR count). The zero-order valence-corrected chi connectivity index (χ0v) is 14.6. The summed E-state index contributed by atoms with van der Waals surface area (Å²) < 4.78 is 1.66. The number of nitro groups is 1. The molecule has 2 aromatic heterocycles. The van der Waals surface area contributed by atoms with E-state index in [1.54, 1.807) is 65.4 Å². The van der Waals surface area contributed by atoms with Gasteiger partial charge in [0.15, 0.2) is 11.4 Å². The van der Waals surface area contributed by atoms with Crippen molar-refractivity contribution >= 4 is 22.8 Å². The molecular formula is C20H15N5O3. The standard InChI is InChI=1S/C20H15N5O3/c26-20(14-4-2-1-3-5-14)15-6-7-17(18(12-15)25(27)28)22-13-16-8-10-21-19-9-11-23-24(16)19/h1-12,22H,13H2. The lowest BCUT2D eigenvalue weighted by atomic mass is 10.0. The van der Waals surface area contributed by atoms with Gasteiger partial charge in [0.05, 0.1) is 23.4 Å². The number of hydrogen-bond donors (Lipinski definition) is 1. The SMILES string of the molecule is O=C(c1ccccc1)c1ccc(NCc2ccnc3ccnn23)c([N+](=O)[O-])c1. The minimum Gasteiger partial charge on any atom is -0.374 e. The third-order valence-electron chi connectivity index (χ3n) is 4.32. The molecule has 28 heavy (non-hydrogen) atoms. The molecule has 0 spiro atoms. The fourth-order valence-corrected chi connectivity index (χ4v) is 2.93. The van der Waals surface area contributed by atoms with Crippen LogP contribution in [0.2, 0.25) is 0 Å². The van der Waals surface area contributed by atoms with Gasteiger partial charge in [0.25, 0.3) is 5.69 Å². The van der Waals surface area contributed by atoms with Crippen LogP contribution < -0.4 is 5.32 Å². The van der Waals surface area contributed by atoms with Crippen molar-refractivity contribution in [1.29, 1.82) is 0 Å². The second-order valence-corrected chi connectivity index (χ2v) is 6.08. The second kappa shape index (κ2) is 7.28. The Kier molecular flexibility index (Phi) is 4.51. The number of rotatable bonds is 6. The predicted molar refractivity (Wildman–Crippen MR) is 103 cm³/mol. The van der Waals surface area contributed by atoms with Gasteiger partial charge < -0.3 is 5.32 Å². The highest BCUT2D eigenvalue weighted by atomic mass is 16.6. The molecule has 4 aromatic rings. The van der Waals surface area contributed by atoms with Crippen LogP contribution in [0.1, 0.15) is 21.6 Å². The maximum absolute atomic E-state index is 12.6. The van der Waals surface area contributed by atoms with E-state index in [1.165, 1.54) is 6.07 Å². The molecule has 0 unspecified atom stereocenters. The number of ketones is 1. The van der Waals surface area contributed by atoms with Crippen LogP contribution in [0.4, 0.5) is 11.4 Å². The Morgan fingerprint density at radius 2 is 1.86 bits per heavy atom. The molecule has 0 aliphatic rings. The van der Waals surface area contributed by atoms with E-state index in [2.05, 4.69) is 15.4 Å². The van der Waals surface area contributed by atoms with Crippen LogP contribution in [-0.2, 0) is 6.54 Å². The topological polar surface area (TPSA) is 102 Å². The minimum absolute atomic E-state index is 0.160. The summed E-state index contributed by atoms with van der Waals surface area (Å²) in [5.41, 5.74) is 2.41. The average Bonchev–Trinajstić information content (AvgIpc) is 3.21. The van der Waals surface area contributed by atoms with E-state index in [4.69, 9.17) is 0 Å². The largest absolute Gasteiger partial charge is 0.374 e. The van der Waals surface area contributed by atoms with E-state index in [0.29, 0.717) is 23.4 Å². The van der Waals surface area contributed by atoms with Gasteiger partial charge in [-0.1, -0.05) is 30.3 Å². The highest BCUT2D eigenvalue weighted by molar-refractivity contribution is 6.09. The van der Waals surface area contributed by atoms with E-state index in [0.717, 1.165) is 5.69 Å². The summed E-state index contributed by atoms with van der Waals surface area (Å²) in [4.78, 5) is 27.8. The first kappa shape index (κ1) is 17.3. The number of carbonyl (C=O) groups is 1. The molecule has 0 amide bonds. The van der Waals surface area contributed by atoms with E-state index in [9.17, 15) is 14.9 Å². The highest BCUT2D eigenvalue weighted by Gasteiger charge is 2.18. The molecule has 0 bridgehead atoms. The van der Waals surface area contributed by atoms with Gasteiger partial charge in [-0.15, -0.1) is 0 Å². The van der Waals surface area contributed by atoms with Gasteiger partial charge in [-0.2, -0.15) is 5.10 Å². The van der Waals surface area contributed by atoms with Gasteiger partial charge in [0, 0.05) is 29.5 Å². The van der Waals surface area contributed by atoms with Crippen molar-refractivity contribution in [1.82, 2.24) is 14.6 Å². The maximum Gasteiger partial charge on any atom is 0.293 e. The lowest BCUT2D eigenvalue weighted by Crippen LogP contribution is -2.09. The molecule has 138 valence electrons. The number of anilines is 1. The zero-order valence-electron chi connectivity index (χ0n) is 14.6. The quantitative estimate of drug-likeness (QED) is 0.315. The van der Waals surface area contributed by atoms with Crippen LogP contribution in [-0.4, -0.2) is 25.3 Å². The van der Waals surface area contributed by atoms with Crippen LogP contribution in [0.5, 0.6) is 0 Å². The first-order valence-electron chi connectivity index (χ1n) is 8.53. The summed E-state index contributed by atoms with van der Waals surface area (Å²) in [5, 5.41) is 18.8. The Morgan fingerprint density at radius 3 is 2.64 bits per heavy atom. The molecule has 0 saturated heterocycles. The Hall–Kier alpha value is -4.07. The average molecular weight is 373 g/mol. The van der Waals surface area contributed by atoms with Crippen molar-refractivity contribution < 1.29 is 9.72 Å². The van der Waals surface area contributed by atoms with Crippen molar-refractivity contribution in [2.75, 3.05) is 5.32 Å². The Labute approximate surface area is 159 Å².